The first-order chi connectivity index (χ1) is 10.2. The average molecular weight is 314 g/mol. The molecule has 1 aromatic heterocycles. The molecule has 2 rings (SSSR count). The summed E-state index contributed by atoms with van der Waals surface area (Å²) in [5.74, 6) is -0.204. The van der Waals surface area contributed by atoms with Crippen molar-refractivity contribution >= 4 is 16.8 Å². The molecule has 0 aliphatic rings. The minimum atomic E-state index is -4.74. The second kappa shape index (κ2) is 5.90. The normalized spacial score (nSPS) is 12.0. The number of amides is 1. The topological polar surface area (TPSA) is 45.3 Å². The zero-order valence-electron chi connectivity index (χ0n) is 12.5. The lowest BCUT2D eigenvalue weighted by Crippen LogP contribution is -2.30. The Morgan fingerprint density at radius 3 is 2.59 bits per heavy atom. The van der Waals surface area contributed by atoms with Gasteiger partial charge in [0.25, 0.3) is 5.91 Å². The summed E-state index contributed by atoms with van der Waals surface area (Å²) in [5, 5.41) is 0.649. The number of carbonyl (C=O) groups excluding carboxylic acids is 1. The predicted molar refractivity (Wildman–Crippen MR) is 76.8 cm³/mol. The number of alkyl halides is 3. The van der Waals surface area contributed by atoms with E-state index in [4.69, 9.17) is 0 Å². The van der Waals surface area contributed by atoms with Gasteiger partial charge in [0.2, 0.25) is 0 Å². The number of H-pyrrole nitrogens is 1. The Kier molecular flexibility index (Phi) is 4.35. The Hall–Kier alpha value is -2.18. The Balaban J connectivity index is 2.25. The molecule has 1 heterocycles. The van der Waals surface area contributed by atoms with Crippen molar-refractivity contribution in [3.63, 3.8) is 0 Å². The number of benzene rings is 1. The third-order valence-corrected chi connectivity index (χ3v) is 3.04. The van der Waals surface area contributed by atoms with Gasteiger partial charge in [-0.2, -0.15) is 0 Å². The summed E-state index contributed by atoms with van der Waals surface area (Å²) in [4.78, 5) is 16.7. The second-order valence-electron chi connectivity index (χ2n) is 5.56. The fourth-order valence-electron chi connectivity index (χ4n) is 2.25. The molecule has 0 unspecified atom stereocenters. The number of hydrogen-bond acceptors (Lipinski definition) is 2. The predicted octanol–water partition coefficient (Wildman–Crippen LogP) is 3.79. The van der Waals surface area contributed by atoms with Crippen LogP contribution in [-0.2, 0) is 0 Å². The molecule has 0 saturated carbocycles. The van der Waals surface area contributed by atoms with E-state index in [2.05, 4.69) is 9.72 Å². The lowest BCUT2D eigenvalue weighted by molar-refractivity contribution is -0.274. The van der Waals surface area contributed by atoms with Gasteiger partial charge in [-0.05, 0) is 24.1 Å². The molecule has 4 nitrogen and oxygen atoms in total. The molecule has 2 aromatic rings. The summed E-state index contributed by atoms with van der Waals surface area (Å²) in [6.07, 6.45) is -4.74. The quantitative estimate of drug-likeness (QED) is 0.933. The van der Waals surface area contributed by atoms with E-state index in [1.807, 2.05) is 13.8 Å². The Bertz CT molecular complexity index is 677. The number of nitrogens with one attached hydrogen (secondary N) is 1. The molecule has 1 amide bonds. The van der Waals surface area contributed by atoms with E-state index in [9.17, 15) is 18.0 Å². The molecule has 22 heavy (non-hydrogen) atoms. The maximum Gasteiger partial charge on any atom is 0.573 e. The first kappa shape index (κ1) is 16.2. The largest absolute Gasteiger partial charge is 0.573 e. The average Bonchev–Trinajstić information content (AvgIpc) is 2.77. The Labute approximate surface area is 125 Å². The fraction of sp³-hybridized carbons (Fsp3) is 0.400. The van der Waals surface area contributed by atoms with Crippen molar-refractivity contribution in [2.75, 3.05) is 13.6 Å². The van der Waals surface area contributed by atoms with E-state index in [0.717, 1.165) is 0 Å². The standard InChI is InChI=1S/C15H17F3N2O2/c1-9(2)8-20(3)14(21)13-6-10-4-5-11(7-12(10)19-13)22-15(16,17)18/h4-7,9,19H,8H2,1-3H3. The maximum atomic E-state index is 12.2. The smallest absolute Gasteiger partial charge is 0.406 e. The third-order valence-electron chi connectivity index (χ3n) is 3.04. The van der Waals surface area contributed by atoms with Gasteiger partial charge in [-0.3, -0.25) is 4.79 Å². The molecular weight excluding hydrogens is 297 g/mol. The monoisotopic (exact) mass is 314 g/mol. The van der Waals surface area contributed by atoms with E-state index in [1.165, 1.54) is 18.2 Å². The van der Waals surface area contributed by atoms with E-state index in [-0.39, 0.29) is 11.7 Å². The lowest BCUT2D eigenvalue weighted by atomic mass is 10.2. The SMILES string of the molecule is CC(C)CN(C)C(=O)c1cc2ccc(OC(F)(F)F)cc2[nH]1. The molecule has 0 saturated heterocycles. The van der Waals surface area contributed by atoms with E-state index in [1.54, 1.807) is 18.0 Å². The molecule has 0 spiro atoms. The molecule has 7 heteroatoms. The Morgan fingerprint density at radius 2 is 2.00 bits per heavy atom. The number of fused-ring (bicyclic) bond motifs is 1. The molecule has 0 radical (unpaired) electrons. The van der Waals surface area contributed by atoms with Crippen molar-refractivity contribution in [1.29, 1.82) is 0 Å². The number of hydrogen-bond donors (Lipinski definition) is 1. The fourth-order valence-corrected chi connectivity index (χ4v) is 2.25. The summed E-state index contributed by atoms with van der Waals surface area (Å²) >= 11 is 0. The van der Waals surface area contributed by atoms with Gasteiger partial charge >= 0.3 is 6.36 Å². The molecule has 0 atom stereocenters. The zero-order valence-corrected chi connectivity index (χ0v) is 12.5. The zero-order chi connectivity index (χ0) is 16.5. The highest BCUT2D eigenvalue weighted by atomic mass is 19.4. The van der Waals surface area contributed by atoms with Crippen molar-refractivity contribution in [2.45, 2.75) is 20.2 Å². The van der Waals surface area contributed by atoms with Crippen molar-refractivity contribution in [2.24, 2.45) is 5.92 Å². The van der Waals surface area contributed by atoms with Gasteiger partial charge in [0, 0.05) is 30.6 Å². The maximum absolute atomic E-state index is 12.2. The Morgan fingerprint density at radius 1 is 1.32 bits per heavy atom. The van der Waals surface area contributed by atoms with Crippen molar-refractivity contribution in [3.05, 3.63) is 30.0 Å². The van der Waals surface area contributed by atoms with Crippen molar-refractivity contribution < 1.29 is 22.7 Å². The molecule has 120 valence electrons. The van der Waals surface area contributed by atoms with Crippen LogP contribution >= 0.6 is 0 Å². The number of halogens is 3. The lowest BCUT2D eigenvalue weighted by Gasteiger charge is -2.18. The van der Waals surface area contributed by atoms with Crippen LogP contribution in [0.2, 0.25) is 0 Å². The minimum Gasteiger partial charge on any atom is -0.406 e. The van der Waals surface area contributed by atoms with Crippen LogP contribution < -0.4 is 4.74 Å². The number of aromatic amines is 1. The number of rotatable bonds is 4. The summed E-state index contributed by atoms with van der Waals surface area (Å²) in [5.41, 5.74) is 0.755. The van der Waals surface area contributed by atoms with E-state index < -0.39 is 6.36 Å². The molecule has 0 aliphatic carbocycles. The van der Waals surface area contributed by atoms with E-state index in [0.29, 0.717) is 29.1 Å². The molecule has 1 N–H and O–H groups in total. The summed E-state index contributed by atoms with van der Waals surface area (Å²) in [6.45, 7) is 4.59. The third kappa shape index (κ3) is 3.93. The van der Waals surface area contributed by atoms with Crippen LogP contribution in [0.3, 0.4) is 0 Å². The van der Waals surface area contributed by atoms with Gasteiger partial charge in [0.05, 0.1) is 0 Å². The first-order valence-corrected chi connectivity index (χ1v) is 6.79. The number of aromatic nitrogens is 1. The van der Waals surface area contributed by atoms with E-state index >= 15 is 0 Å². The summed E-state index contributed by atoms with van der Waals surface area (Å²) in [6, 6.07) is 5.54. The van der Waals surface area contributed by atoms with Crippen LogP contribution in [0.5, 0.6) is 5.75 Å². The summed E-state index contributed by atoms with van der Waals surface area (Å²) < 4.78 is 40.5. The molecular formula is C15H17F3N2O2. The number of carbonyl (C=O) groups is 1. The van der Waals surface area contributed by atoms with Crippen LogP contribution in [0.1, 0.15) is 24.3 Å². The van der Waals surface area contributed by atoms with Gasteiger partial charge in [-0.15, -0.1) is 13.2 Å². The van der Waals surface area contributed by atoms with Crippen LogP contribution in [0.15, 0.2) is 24.3 Å². The van der Waals surface area contributed by atoms with Gasteiger partial charge in [0.1, 0.15) is 11.4 Å². The highest BCUT2D eigenvalue weighted by Crippen LogP contribution is 2.27. The van der Waals surface area contributed by atoms with Crippen molar-refractivity contribution in [1.82, 2.24) is 9.88 Å². The van der Waals surface area contributed by atoms with Crippen LogP contribution in [-0.4, -0.2) is 35.7 Å². The number of ether oxygens (including phenoxy) is 1. The molecule has 1 aromatic carbocycles. The van der Waals surface area contributed by atoms with Gasteiger partial charge in [-0.25, -0.2) is 0 Å². The van der Waals surface area contributed by atoms with Crippen LogP contribution in [0.25, 0.3) is 10.9 Å². The number of nitrogens with zero attached hydrogens (tertiary/aromatic N) is 1. The summed E-state index contributed by atoms with van der Waals surface area (Å²) in [7, 11) is 1.69. The highest BCUT2D eigenvalue weighted by Gasteiger charge is 2.31. The van der Waals surface area contributed by atoms with Crippen molar-refractivity contribution in [3.8, 4) is 5.75 Å². The van der Waals surface area contributed by atoms with Gasteiger partial charge < -0.3 is 14.6 Å². The molecule has 0 aliphatic heterocycles. The first-order valence-electron chi connectivity index (χ1n) is 6.79. The minimum absolute atomic E-state index is 0.205. The highest BCUT2D eigenvalue weighted by molar-refractivity contribution is 5.98. The van der Waals surface area contributed by atoms with Crippen LogP contribution in [0, 0.1) is 5.92 Å². The van der Waals surface area contributed by atoms with Gasteiger partial charge in [0.15, 0.2) is 0 Å². The van der Waals surface area contributed by atoms with Gasteiger partial charge in [-0.1, -0.05) is 13.8 Å². The molecule has 0 fully saturated rings. The second-order valence-corrected chi connectivity index (χ2v) is 5.56. The van der Waals surface area contributed by atoms with Crippen LogP contribution in [0.4, 0.5) is 13.2 Å². The molecule has 0 bridgehead atoms.